The number of ether oxygens (including phenoxy) is 1. The number of carbonyl (C=O) groups is 1. The molecule has 1 aromatic rings. The van der Waals surface area contributed by atoms with Crippen molar-refractivity contribution in [2.75, 3.05) is 11.9 Å². The van der Waals surface area contributed by atoms with Crippen LogP contribution in [-0.4, -0.2) is 34.2 Å². The molecule has 2 N–H and O–H groups in total. The Bertz CT molecular complexity index is 570. The van der Waals surface area contributed by atoms with Crippen LogP contribution in [0.15, 0.2) is 18.2 Å². The van der Waals surface area contributed by atoms with Gasteiger partial charge in [-0.1, -0.05) is 0 Å². The van der Waals surface area contributed by atoms with E-state index in [0.29, 0.717) is 12.3 Å². The van der Waals surface area contributed by atoms with Gasteiger partial charge >= 0.3 is 5.97 Å². The van der Waals surface area contributed by atoms with E-state index in [4.69, 9.17) is 9.84 Å². The first-order valence-electron chi connectivity index (χ1n) is 6.71. The van der Waals surface area contributed by atoms with Crippen LogP contribution in [0.1, 0.15) is 37.0 Å². The molecule has 0 radical (unpaired) electrons. The Morgan fingerprint density at radius 3 is 2.81 bits per heavy atom. The molecule has 1 unspecified atom stereocenters. The van der Waals surface area contributed by atoms with E-state index < -0.39 is 16.6 Å². The van der Waals surface area contributed by atoms with Crippen LogP contribution in [0.25, 0.3) is 0 Å². The van der Waals surface area contributed by atoms with Crippen LogP contribution in [0, 0.1) is 10.1 Å². The summed E-state index contributed by atoms with van der Waals surface area (Å²) in [5, 5.41) is 23.1. The van der Waals surface area contributed by atoms with Crippen molar-refractivity contribution in [2.45, 2.75) is 38.3 Å². The number of nitrogens with one attached hydrogen (secondary N) is 1. The molecular formula is C14H18N2O5. The topological polar surface area (TPSA) is 102 Å². The van der Waals surface area contributed by atoms with E-state index >= 15 is 0 Å². The average molecular weight is 294 g/mol. The molecule has 7 heteroatoms. The number of hydrogen-bond donors (Lipinski definition) is 2. The van der Waals surface area contributed by atoms with E-state index in [9.17, 15) is 14.9 Å². The zero-order chi connectivity index (χ0) is 15.6. The highest BCUT2D eigenvalue weighted by atomic mass is 16.6. The van der Waals surface area contributed by atoms with Gasteiger partial charge in [-0.2, -0.15) is 0 Å². The van der Waals surface area contributed by atoms with E-state index in [1.807, 2.05) is 13.8 Å². The smallest absolute Gasteiger partial charge is 0.342 e. The minimum absolute atomic E-state index is 0.143. The molecule has 1 aliphatic rings. The SMILES string of the molecule is CC1(C)CC(Nc2ccc(C(=O)O)c([N+](=O)[O-])c2)CCO1. The molecule has 0 bridgehead atoms. The van der Waals surface area contributed by atoms with Gasteiger partial charge in [-0.3, -0.25) is 10.1 Å². The van der Waals surface area contributed by atoms with Gasteiger partial charge in [0.1, 0.15) is 5.56 Å². The molecule has 114 valence electrons. The zero-order valence-electron chi connectivity index (χ0n) is 12.0. The predicted molar refractivity (Wildman–Crippen MR) is 76.7 cm³/mol. The summed E-state index contributed by atoms with van der Waals surface area (Å²) in [6, 6.07) is 4.22. The Balaban J connectivity index is 2.19. The maximum absolute atomic E-state index is 11.0. The molecule has 1 fully saturated rings. The normalized spacial score (nSPS) is 20.8. The number of aromatic carboxylic acids is 1. The van der Waals surface area contributed by atoms with Crippen molar-refractivity contribution in [1.82, 2.24) is 0 Å². The number of rotatable bonds is 4. The molecule has 7 nitrogen and oxygen atoms in total. The van der Waals surface area contributed by atoms with E-state index in [2.05, 4.69) is 5.32 Å². The quantitative estimate of drug-likeness (QED) is 0.654. The van der Waals surface area contributed by atoms with Crippen LogP contribution in [0.3, 0.4) is 0 Å². The van der Waals surface area contributed by atoms with Gasteiger partial charge in [0.25, 0.3) is 5.69 Å². The Hall–Kier alpha value is -2.15. The summed E-state index contributed by atoms with van der Waals surface area (Å²) in [5.41, 5.74) is -0.394. The van der Waals surface area contributed by atoms with Crippen LogP contribution in [0.2, 0.25) is 0 Å². The number of hydrogen-bond acceptors (Lipinski definition) is 5. The van der Waals surface area contributed by atoms with Crippen molar-refractivity contribution in [3.8, 4) is 0 Å². The highest BCUT2D eigenvalue weighted by molar-refractivity contribution is 5.93. The molecular weight excluding hydrogens is 276 g/mol. The summed E-state index contributed by atoms with van der Waals surface area (Å²) >= 11 is 0. The van der Waals surface area contributed by atoms with Crippen LogP contribution < -0.4 is 5.32 Å². The number of nitro groups is 1. The summed E-state index contributed by atoms with van der Waals surface area (Å²) in [6.45, 7) is 4.62. The van der Waals surface area contributed by atoms with Crippen molar-refractivity contribution >= 4 is 17.3 Å². The highest BCUT2D eigenvalue weighted by Crippen LogP contribution is 2.28. The second-order valence-corrected chi connectivity index (χ2v) is 5.74. The number of carboxylic acids is 1. The predicted octanol–water partition coefficient (Wildman–Crippen LogP) is 2.66. The van der Waals surface area contributed by atoms with Crippen LogP contribution >= 0.6 is 0 Å². The lowest BCUT2D eigenvalue weighted by Crippen LogP contribution is -2.40. The van der Waals surface area contributed by atoms with Gasteiger partial charge in [0.15, 0.2) is 0 Å². The minimum Gasteiger partial charge on any atom is -0.477 e. The fourth-order valence-corrected chi connectivity index (χ4v) is 2.54. The maximum Gasteiger partial charge on any atom is 0.342 e. The first-order chi connectivity index (χ1) is 9.78. The molecule has 1 saturated heterocycles. The molecule has 1 aliphatic heterocycles. The highest BCUT2D eigenvalue weighted by Gasteiger charge is 2.29. The van der Waals surface area contributed by atoms with Gasteiger partial charge in [-0.15, -0.1) is 0 Å². The summed E-state index contributed by atoms with van der Waals surface area (Å²) in [5.74, 6) is -1.31. The van der Waals surface area contributed by atoms with Crippen LogP contribution in [-0.2, 0) is 4.74 Å². The van der Waals surface area contributed by atoms with Crippen molar-refractivity contribution in [3.05, 3.63) is 33.9 Å². The van der Waals surface area contributed by atoms with Crippen molar-refractivity contribution < 1.29 is 19.6 Å². The van der Waals surface area contributed by atoms with E-state index in [1.165, 1.54) is 12.1 Å². The second kappa shape index (κ2) is 5.69. The van der Waals surface area contributed by atoms with Crippen LogP contribution in [0.5, 0.6) is 0 Å². The Labute approximate surface area is 122 Å². The molecule has 0 amide bonds. The third-order valence-electron chi connectivity index (χ3n) is 3.49. The molecule has 0 saturated carbocycles. The largest absolute Gasteiger partial charge is 0.477 e. The fourth-order valence-electron chi connectivity index (χ4n) is 2.54. The molecule has 1 aromatic carbocycles. The first-order valence-corrected chi connectivity index (χ1v) is 6.71. The van der Waals surface area contributed by atoms with Gasteiger partial charge in [0, 0.05) is 24.4 Å². The van der Waals surface area contributed by atoms with Crippen molar-refractivity contribution in [3.63, 3.8) is 0 Å². The van der Waals surface area contributed by atoms with Gasteiger partial charge < -0.3 is 15.2 Å². The standard InChI is InChI=1S/C14H18N2O5/c1-14(2)8-10(5-6-21-14)15-9-3-4-11(13(17)18)12(7-9)16(19)20/h3-4,7,10,15H,5-6,8H2,1-2H3,(H,17,18). The second-order valence-electron chi connectivity index (χ2n) is 5.74. The van der Waals surface area contributed by atoms with E-state index in [0.717, 1.165) is 12.8 Å². The van der Waals surface area contributed by atoms with Gasteiger partial charge in [0.05, 0.1) is 10.5 Å². The van der Waals surface area contributed by atoms with E-state index in [-0.39, 0.29) is 17.2 Å². The lowest BCUT2D eigenvalue weighted by molar-refractivity contribution is -0.385. The van der Waals surface area contributed by atoms with Crippen LogP contribution in [0.4, 0.5) is 11.4 Å². The molecule has 0 spiro atoms. The third-order valence-corrected chi connectivity index (χ3v) is 3.49. The Morgan fingerprint density at radius 1 is 1.52 bits per heavy atom. The maximum atomic E-state index is 11.0. The lowest BCUT2D eigenvalue weighted by atomic mass is 9.93. The molecule has 21 heavy (non-hydrogen) atoms. The molecule has 1 heterocycles. The number of nitrogens with zero attached hydrogens (tertiary/aromatic N) is 1. The summed E-state index contributed by atoms with van der Waals surface area (Å²) in [7, 11) is 0. The molecule has 1 atom stereocenters. The number of anilines is 1. The summed E-state index contributed by atoms with van der Waals surface area (Å²) in [4.78, 5) is 21.3. The fraction of sp³-hybridized carbons (Fsp3) is 0.500. The first kappa shape index (κ1) is 15.2. The number of nitro benzene ring substituents is 1. The number of carboxylic acid groups (broad SMARTS) is 1. The van der Waals surface area contributed by atoms with Gasteiger partial charge in [0.2, 0.25) is 0 Å². The lowest BCUT2D eigenvalue weighted by Gasteiger charge is -2.36. The van der Waals surface area contributed by atoms with Gasteiger partial charge in [-0.25, -0.2) is 4.79 Å². The van der Waals surface area contributed by atoms with Gasteiger partial charge in [-0.05, 0) is 38.8 Å². The Morgan fingerprint density at radius 2 is 2.24 bits per heavy atom. The number of benzene rings is 1. The monoisotopic (exact) mass is 294 g/mol. The zero-order valence-corrected chi connectivity index (χ0v) is 12.0. The summed E-state index contributed by atoms with van der Waals surface area (Å²) in [6.07, 6.45) is 1.58. The molecule has 0 aliphatic carbocycles. The van der Waals surface area contributed by atoms with Crippen molar-refractivity contribution in [1.29, 1.82) is 0 Å². The Kier molecular flexibility index (Phi) is 4.13. The summed E-state index contributed by atoms with van der Waals surface area (Å²) < 4.78 is 5.62. The van der Waals surface area contributed by atoms with E-state index in [1.54, 1.807) is 6.07 Å². The average Bonchev–Trinajstić information content (AvgIpc) is 2.37. The molecule has 2 rings (SSSR count). The third kappa shape index (κ3) is 3.69. The minimum atomic E-state index is -1.31. The van der Waals surface area contributed by atoms with Crippen molar-refractivity contribution in [2.24, 2.45) is 0 Å². The molecule has 0 aromatic heterocycles.